The number of nitro benzene ring substituents is 1. The zero-order valence-corrected chi connectivity index (χ0v) is 7.89. The summed E-state index contributed by atoms with van der Waals surface area (Å²) in [4.78, 5) is 9.60. The number of hydrogen-bond donors (Lipinski definition) is 0. The highest BCUT2D eigenvalue weighted by molar-refractivity contribution is 6.32. The monoisotopic (exact) mass is 221 g/mol. The van der Waals surface area contributed by atoms with Gasteiger partial charge in [-0.15, -0.1) is 0 Å². The normalized spacial score (nSPS) is 10.6. The minimum absolute atomic E-state index is 0.128. The van der Waals surface area contributed by atoms with E-state index in [0.717, 1.165) is 6.07 Å². The van der Waals surface area contributed by atoms with Crippen molar-refractivity contribution in [3.05, 3.63) is 38.4 Å². The highest BCUT2D eigenvalue weighted by Crippen LogP contribution is 2.32. The van der Waals surface area contributed by atoms with E-state index in [1.165, 1.54) is 13.0 Å². The van der Waals surface area contributed by atoms with Gasteiger partial charge in [0.2, 0.25) is 0 Å². The van der Waals surface area contributed by atoms with E-state index in [-0.39, 0.29) is 16.1 Å². The molecule has 0 N–H and O–H groups in total. The van der Waals surface area contributed by atoms with E-state index in [2.05, 4.69) is 0 Å². The number of nitrogens with zero attached hydrogens (tertiary/aromatic N) is 1. The van der Waals surface area contributed by atoms with Crippen LogP contribution in [0.15, 0.2) is 12.1 Å². The Morgan fingerprint density at radius 2 is 2.07 bits per heavy atom. The van der Waals surface area contributed by atoms with Crippen molar-refractivity contribution in [2.24, 2.45) is 0 Å². The molecule has 0 spiro atoms. The molecule has 3 nitrogen and oxygen atoms in total. The lowest BCUT2D eigenvalue weighted by Crippen LogP contribution is -1.95. The molecule has 0 aliphatic heterocycles. The number of hydrogen-bond acceptors (Lipinski definition) is 2. The fourth-order valence-corrected chi connectivity index (χ4v) is 1.34. The molecule has 0 amide bonds. The van der Waals surface area contributed by atoms with Gasteiger partial charge < -0.3 is 0 Å². The third kappa shape index (κ3) is 1.98. The lowest BCUT2D eigenvalue weighted by molar-refractivity contribution is -0.384. The van der Waals surface area contributed by atoms with Crippen molar-refractivity contribution < 1.29 is 13.7 Å². The van der Waals surface area contributed by atoms with Gasteiger partial charge in [-0.1, -0.05) is 11.6 Å². The number of aryl methyl sites for hydroxylation is 1. The van der Waals surface area contributed by atoms with Gasteiger partial charge in [0.25, 0.3) is 12.1 Å². The van der Waals surface area contributed by atoms with E-state index in [9.17, 15) is 18.9 Å². The summed E-state index contributed by atoms with van der Waals surface area (Å²) in [6.45, 7) is 1.43. The predicted octanol–water partition coefficient (Wildman–Crippen LogP) is 3.49. The lowest BCUT2D eigenvalue weighted by atomic mass is 10.1. The van der Waals surface area contributed by atoms with Crippen LogP contribution >= 0.6 is 11.6 Å². The van der Waals surface area contributed by atoms with Crippen molar-refractivity contribution in [3.63, 3.8) is 0 Å². The van der Waals surface area contributed by atoms with E-state index in [0.29, 0.717) is 0 Å². The Bertz CT molecular complexity index is 382. The van der Waals surface area contributed by atoms with Crippen LogP contribution in [0.5, 0.6) is 0 Å². The third-order valence-corrected chi connectivity index (χ3v) is 2.07. The minimum Gasteiger partial charge on any atom is -0.258 e. The second-order valence-electron chi connectivity index (χ2n) is 2.72. The molecule has 0 aromatic heterocycles. The number of halogens is 3. The molecule has 0 radical (unpaired) electrons. The lowest BCUT2D eigenvalue weighted by Gasteiger charge is -2.05. The van der Waals surface area contributed by atoms with E-state index in [1.807, 2.05) is 0 Å². The van der Waals surface area contributed by atoms with Gasteiger partial charge in [0, 0.05) is 11.6 Å². The molecule has 0 aliphatic carbocycles. The molecule has 0 fully saturated rings. The summed E-state index contributed by atoms with van der Waals surface area (Å²) in [7, 11) is 0. The molecule has 6 heteroatoms. The molecule has 0 saturated heterocycles. The van der Waals surface area contributed by atoms with Gasteiger partial charge in [-0.25, -0.2) is 8.78 Å². The van der Waals surface area contributed by atoms with Crippen molar-refractivity contribution in [2.45, 2.75) is 13.3 Å². The first kappa shape index (κ1) is 10.8. The Hall–Kier alpha value is -1.23. The zero-order valence-electron chi connectivity index (χ0n) is 7.13. The summed E-state index contributed by atoms with van der Waals surface area (Å²) >= 11 is 5.51. The van der Waals surface area contributed by atoms with Gasteiger partial charge in [-0.2, -0.15) is 0 Å². The van der Waals surface area contributed by atoms with E-state index >= 15 is 0 Å². The number of alkyl halides is 2. The number of rotatable bonds is 2. The largest absolute Gasteiger partial charge is 0.288 e. The summed E-state index contributed by atoms with van der Waals surface area (Å²) in [6, 6.07) is 1.98. The van der Waals surface area contributed by atoms with Gasteiger partial charge in [0.1, 0.15) is 5.02 Å². The van der Waals surface area contributed by atoms with Crippen molar-refractivity contribution in [3.8, 4) is 0 Å². The SMILES string of the molecule is Cc1cc(Cl)c([N+](=O)[O-])cc1C(F)F. The molecule has 14 heavy (non-hydrogen) atoms. The second kappa shape index (κ2) is 3.88. The Morgan fingerprint density at radius 1 is 1.50 bits per heavy atom. The summed E-state index contributed by atoms with van der Waals surface area (Å²) in [5, 5.41) is 10.3. The van der Waals surface area contributed by atoms with Crippen LogP contribution in [0.25, 0.3) is 0 Å². The van der Waals surface area contributed by atoms with Crippen LogP contribution in [0.1, 0.15) is 17.6 Å². The predicted molar refractivity (Wildman–Crippen MR) is 47.8 cm³/mol. The van der Waals surface area contributed by atoms with Crippen LogP contribution in [0.3, 0.4) is 0 Å². The van der Waals surface area contributed by atoms with Crippen LogP contribution in [0.2, 0.25) is 5.02 Å². The van der Waals surface area contributed by atoms with Gasteiger partial charge in [0.05, 0.1) is 4.92 Å². The molecule has 0 aliphatic rings. The maximum Gasteiger partial charge on any atom is 0.288 e. The molecule has 0 bridgehead atoms. The van der Waals surface area contributed by atoms with Crippen LogP contribution in [0, 0.1) is 17.0 Å². The van der Waals surface area contributed by atoms with Crippen LogP contribution < -0.4 is 0 Å². The first-order valence-corrected chi connectivity index (χ1v) is 4.04. The smallest absolute Gasteiger partial charge is 0.258 e. The summed E-state index contributed by atoms with van der Waals surface area (Å²) in [5.41, 5.74) is -0.607. The summed E-state index contributed by atoms with van der Waals surface area (Å²) in [6.07, 6.45) is -2.73. The van der Waals surface area contributed by atoms with Gasteiger partial charge in [-0.05, 0) is 18.6 Å². The molecule has 0 unspecified atom stereocenters. The molecule has 0 atom stereocenters. The van der Waals surface area contributed by atoms with Crippen LogP contribution in [-0.4, -0.2) is 4.92 Å². The zero-order chi connectivity index (χ0) is 10.9. The van der Waals surface area contributed by atoms with Gasteiger partial charge >= 0.3 is 0 Å². The molecular weight excluding hydrogens is 216 g/mol. The van der Waals surface area contributed by atoms with Crippen molar-refractivity contribution in [1.82, 2.24) is 0 Å². The molecule has 1 rings (SSSR count). The maximum atomic E-state index is 12.3. The molecular formula is C8H6ClF2NO2. The van der Waals surface area contributed by atoms with Gasteiger partial charge in [0.15, 0.2) is 0 Å². The molecule has 1 aromatic carbocycles. The fraction of sp³-hybridized carbons (Fsp3) is 0.250. The average Bonchev–Trinajstić information content (AvgIpc) is 2.02. The average molecular weight is 222 g/mol. The quantitative estimate of drug-likeness (QED) is 0.567. The first-order chi connectivity index (χ1) is 6.43. The summed E-state index contributed by atoms with van der Waals surface area (Å²) in [5.74, 6) is 0. The highest BCUT2D eigenvalue weighted by Gasteiger charge is 2.19. The Kier molecular flexibility index (Phi) is 3.00. The number of nitro groups is 1. The molecule has 1 aromatic rings. The fourth-order valence-electron chi connectivity index (χ4n) is 1.05. The Morgan fingerprint density at radius 3 is 2.50 bits per heavy atom. The van der Waals surface area contributed by atoms with Gasteiger partial charge in [-0.3, -0.25) is 10.1 Å². The van der Waals surface area contributed by atoms with Crippen molar-refractivity contribution in [1.29, 1.82) is 0 Å². The van der Waals surface area contributed by atoms with E-state index < -0.39 is 17.0 Å². The minimum atomic E-state index is -2.73. The molecule has 76 valence electrons. The third-order valence-electron chi connectivity index (χ3n) is 1.77. The Labute approximate surface area is 83.4 Å². The standard InChI is InChI=1S/C8H6ClF2NO2/c1-4-2-6(9)7(12(13)14)3-5(4)8(10)11/h2-3,8H,1H3. The van der Waals surface area contributed by atoms with Crippen molar-refractivity contribution >= 4 is 17.3 Å². The maximum absolute atomic E-state index is 12.3. The first-order valence-electron chi connectivity index (χ1n) is 3.66. The highest BCUT2D eigenvalue weighted by atomic mass is 35.5. The van der Waals surface area contributed by atoms with Crippen LogP contribution in [-0.2, 0) is 0 Å². The summed E-state index contributed by atoms with van der Waals surface area (Å²) < 4.78 is 24.7. The number of benzene rings is 1. The second-order valence-corrected chi connectivity index (χ2v) is 3.13. The topological polar surface area (TPSA) is 43.1 Å². The van der Waals surface area contributed by atoms with Crippen molar-refractivity contribution in [2.75, 3.05) is 0 Å². The van der Waals surface area contributed by atoms with E-state index in [4.69, 9.17) is 11.6 Å². The molecule has 0 saturated carbocycles. The van der Waals surface area contributed by atoms with Crippen LogP contribution in [0.4, 0.5) is 14.5 Å². The Balaban J connectivity index is 3.34. The van der Waals surface area contributed by atoms with E-state index in [1.54, 1.807) is 0 Å². The molecule has 0 heterocycles.